The Bertz CT molecular complexity index is 1200. The number of rotatable bonds is 11. The maximum absolute atomic E-state index is 13.4. The molecule has 3 aromatic carbocycles. The lowest BCUT2D eigenvalue weighted by atomic mass is 9.98. The van der Waals surface area contributed by atoms with E-state index in [4.69, 9.17) is 4.74 Å². The number of benzene rings is 3. The van der Waals surface area contributed by atoms with Crippen LogP contribution in [-0.2, 0) is 20.9 Å². The molecule has 0 spiro atoms. The van der Waals surface area contributed by atoms with Crippen LogP contribution in [0.3, 0.4) is 0 Å². The molecule has 37 heavy (non-hydrogen) atoms. The lowest BCUT2D eigenvalue weighted by Crippen LogP contribution is -2.49. The second kappa shape index (κ2) is 12.2. The highest BCUT2D eigenvalue weighted by Crippen LogP contribution is 2.44. The van der Waals surface area contributed by atoms with Gasteiger partial charge in [0.25, 0.3) is 0 Å². The zero-order valence-electron chi connectivity index (χ0n) is 20.9. The van der Waals surface area contributed by atoms with Crippen LogP contribution in [0, 0.1) is 0 Å². The van der Waals surface area contributed by atoms with Gasteiger partial charge >= 0.3 is 12.1 Å². The van der Waals surface area contributed by atoms with Crippen molar-refractivity contribution < 1.29 is 24.2 Å². The first-order chi connectivity index (χ1) is 18.0. The van der Waals surface area contributed by atoms with Crippen LogP contribution in [0.15, 0.2) is 78.9 Å². The Morgan fingerprint density at radius 1 is 0.919 bits per heavy atom. The average Bonchev–Trinajstić information content (AvgIpc) is 3.23. The molecule has 3 aromatic rings. The van der Waals surface area contributed by atoms with Crippen LogP contribution < -0.4 is 5.32 Å². The van der Waals surface area contributed by atoms with Crippen LogP contribution in [0.25, 0.3) is 11.1 Å². The fourth-order valence-corrected chi connectivity index (χ4v) is 4.85. The molecule has 0 bridgehead atoms. The maximum atomic E-state index is 13.4. The first kappa shape index (κ1) is 25.9. The van der Waals surface area contributed by atoms with Gasteiger partial charge in [-0.3, -0.25) is 9.59 Å². The fraction of sp³-hybridized carbons (Fsp3) is 0.300. The number of nitrogens with one attached hydrogen (secondary N) is 1. The molecule has 1 aliphatic carbocycles. The minimum Gasteiger partial charge on any atom is -0.480 e. The summed E-state index contributed by atoms with van der Waals surface area (Å²) in [6, 6.07) is 24.5. The van der Waals surface area contributed by atoms with Crippen molar-refractivity contribution >= 4 is 18.0 Å². The van der Waals surface area contributed by atoms with E-state index >= 15 is 0 Å². The third-order valence-corrected chi connectivity index (χ3v) is 6.63. The number of hydrogen-bond acceptors (Lipinski definition) is 4. The standard InChI is InChI=1S/C30H32N2O5/c1-2-3-17-27(29(35)32(19-28(33)34)18-21-11-5-4-6-12-21)31-30(36)37-20-26-24-15-9-7-13-22(24)23-14-8-10-16-25(23)26/h4-16,26-27H,2-3,17-20H2,1H3,(H,31,36)(H,33,34). The molecule has 1 unspecified atom stereocenters. The molecule has 7 nitrogen and oxygen atoms in total. The van der Waals surface area contributed by atoms with Crippen molar-refractivity contribution in [1.82, 2.24) is 10.2 Å². The number of hydrogen-bond donors (Lipinski definition) is 2. The molecule has 0 aromatic heterocycles. The number of carbonyl (C=O) groups is 3. The normalized spacial score (nSPS) is 12.8. The smallest absolute Gasteiger partial charge is 0.407 e. The van der Waals surface area contributed by atoms with Crippen molar-refractivity contribution in [3.8, 4) is 11.1 Å². The SMILES string of the molecule is CCCCC(NC(=O)OCC1c2ccccc2-c2ccccc21)C(=O)N(CC(=O)O)Cc1ccccc1. The summed E-state index contributed by atoms with van der Waals surface area (Å²) in [5.41, 5.74) is 5.28. The zero-order valence-corrected chi connectivity index (χ0v) is 20.9. The van der Waals surface area contributed by atoms with Crippen molar-refractivity contribution in [2.24, 2.45) is 0 Å². The van der Waals surface area contributed by atoms with Gasteiger partial charge in [0.1, 0.15) is 19.2 Å². The van der Waals surface area contributed by atoms with E-state index in [0.29, 0.717) is 12.8 Å². The van der Waals surface area contributed by atoms with Crippen LogP contribution in [0.4, 0.5) is 4.79 Å². The third kappa shape index (κ3) is 6.36. The van der Waals surface area contributed by atoms with E-state index in [9.17, 15) is 19.5 Å². The van der Waals surface area contributed by atoms with Gasteiger partial charge in [-0.15, -0.1) is 0 Å². The predicted molar refractivity (Wildman–Crippen MR) is 141 cm³/mol. The summed E-state index contributed by atoms with van der Waals surface area (Å²) in [7, 11) is 0. The summed E-state index contributed by atoms with van der Waals surface area (Å²) in [6.45, 7) is 1.81. The van der Waals surface area contributed by atoms with Crippen LogP contribution in [0.2, 0.25) is 0 Å². The molecule has 0 radical (unpaired) electrons. The molecular weight excluding hydrogens is 468 g/mol. The quantitative estimate of drug-likeness (QED) is 0.377. The Kier molecular flexibility index (Phi) is 8.56. The van der Waals surface area contributed by atoms with Gasteiger partial charge in [0.2, 0.25) is 5.91 Å². The van der Waals surface area contributed by atoms with Crippen molar-refractivity contribution in [2.45, 2.75) is 44.7 Å². The summed E-state index contributed by atoms with van der Waals surface area (Å²) < 4.78 is 5.64. The van der Waals surface area contributed by atoms with Crippen molar-refractivity contribution in [1.29, 1.82) is 0 Å². The molecule has 0 saturated carbocycles. The van der Waals surface area contributed by atoms with E-state index in [2.05, 4.69) is 17.4 Å². The van der Waals surface area contributed by atoms with E-state index in [1.807, 2.05) is 73.7 Å². The monoisotopic (exact) mass is 500 g/mol. The van der Waals surface area contributed by atoms with Crippen LogP contribution in [0.5, 0.6) is 0 Å². The van der Waals surface area contributed by atoms with Crippen molar-refractivity contribution in [3.63, 3.8) is 0 Å². The highest BCUT2D eigenvalue weighted by atomic mass is 16.5. The van der Waals surface area contributed by atoms with Gasteiger partial charge in [-0.25, -0.2) is 4.79 Å². The van der Waals surface area contributed by atoms with Crippen molar-refractivity contribution in [3.05, 3.63) is 95.6 Å². The topological polar surface area (TPSA) is 95.9 Å². The van der Waals surface area contributed by atoms with E-state index in [1.54, 1.807) is 0 Å². The molecule has 0 heterocycles. The first-order valence-corrected chi connectivity index (χ1v) is 12.6. The number of carboxylic acids is 1. The molecule has 4 rings (SSSR count). The number of aliphatic carboxylic acids is 1. The van der Waals surface area contributed by atoms with E-state index in [-0.39, 0.29) is 19.1 Å². The van der Waals surface area contributed by atoms with Gasteiger partial charge < -0.3 is 20.1 Å². The van der Waals surface area contributed by atoms with Gasteiger partial charge in [0.15, 0.2) is 0 Å². The minimum absolute atomic E-state index is 0.0930. The number of fused-ring (bicyclic) bond motifs is 3. The van der Waals surface area contributed by atoms with Gasteiger partial charge in [-0.05, 0) is 34.2 Å². The van der Waals surface area contributed by atoms with E-state index in [0.717, 1.165) is 34.2 Å². The predicted octanol–water partition coefficient (Wildman–Crippen LogP) is 5.20. The number of nitrogens with zero attached hydrogens (tertiary/aromatic N) is 1. The molecule has 2 N–H and O–H groups in total. The summed E-state index contributed by atoms with van der Waals surface area (Å²) in [6.07, 6.45) is 1.23. The summed E-state index contributed by atoms with van der Waals surface area (Å²) in [5, 5.41) is 12.1. The highest BCUT2D eigenvalue weighted by Gasteiger charge is 2.31. The van der Waals surface area contributed by atoms with Crippen LogP contribution >= 0.6 is 0 Å². The number of carbonyl (C=O) groups excluding carboxylic acids is 2. The molecule has 192 valence electrons. The summed E-state index contributed by atoms with van der Waals surface area (Å²) in [4.78, 5) is 39.1. The van der Waals surface area contributed by atoms with Gasteiger partial charge in [-0.1, -0.05) is 98.6 Å². The minimum atomic E-state index is -1.11. The summed E-state index contributed by atoms with van der Waals surface area (Å²) >= 11 is 0. The Labute approximate surface area is 217 Å². The van der Waals surface area contributed by atoms with Gasteiger partial charge in [-0.2, -0.15) is 0 Å². The molecule has 0 fully saturated rings. The number of carboxylic acid groups (broad SMARTS) is 1. The number of alkyl carbamates (subject to hydrolysis) is 1. The Hall–Kier alpha value is -4.13. The highest BCUT2D eigenvalue weighted by molar-refractivity contribution is 5.88. The Morgan fingerprint density at radius 2 is 1.51 bits per heavy atom. The Balaban J connectivity index is 1.45. The Morgan fingerprint density at radius 3 is 2.11 bits per heavy atom. The van der Waals surface area contributed by atoms with Gasteiger partial charge in [0.05, 0.1) is 0 Å². The molecular formula is C30H32N2O5. The number of amides is 2. The molecule has 1 atom stereocenters. The average molecular weight is 501 g/mol. The largest absolute Gasteiger partial charge is 0.480 e. The third-order valence-electron chi connectivity index (χ3n) is 6.63. The van der Waals surface area contributed by atoms with E-state index in [1.165, 1.54) is 4.90 Å². The number of ether oxygens (including phenoxy) is 1. The van der Waals surface area contributed by atoms with E-state index < -0.39 is 30.6 Å². The second-order valence-corrected chi connectivity index (χ2v) is 9.24. The molecule has 0 saturated heterocycles. The van der Waals surface area contributed by atoms with Crippen molar-refractivity contribution in [2.75, 3.05) is 13.2 Å². The van der Waals surface area contributed by atoms with Gasteiger partial charge in [0, 0.05) is 12.5 Å². The molecule has 2 amide bonds. The lowest BCUT2D eigenvalue weighted by Gasteiger charge is -2.27. The van der Waals surface area contributed by atoms with Crippen LogP contribution in [0.1, 0.15) is 48.8 Å². The number of unbranched alkanes of at least 4 members (excludes halogenated alkanes) is 1. The zero-order chi connectivity index (χ0) is 26.2. The first-order valence-electron chi connectivity index (χ1n) is 12.6. The summed E-state index contributed by atoms with van der Waals surface area (Å²) in [5.74, 6) is -1.64. The van der Waals surface area contributed by atoms with Crippen LogP contribution in [-0.4, -0.2) is 47.2 Å². The maximum Gasteiger partial charge on any atom is 0.407 e. The molecule has 7 heteroatoms. The lowest BCUT2D eigenvalue weighted by molar-refractivity contribution is -0.145. The molecule has 0 aliphatic heterocycles. The second-order valence-electron chi connectivity index (χ2n) is 9.24. The fourth-order valence-electron chi connectivity index (χ4n) is 4.85. The molecule has 1 aliphatic rings.